The van der Waals surface area contributed by atoms with Crippen LogP contribution < -0.4 is 5.32 Å². The molecule has 0 aliphatic carbocycles. The standard InChI is InChI=1S/C17H17NO2/c1-11-5-3-4-6-14(11)16-9-12-7-8-13(17(19)20-2)10-15(12)18-16/h3-8,10,16,18H,9H2,1-2H3. The van der Waals surface area contributed by atoms with Gasteiger partial charge in [0, 0.05) is 5.69 Å². The Labute approximate surface area is 118 Å². The monoisotopic (exact) mass is 267 g/mol. The lowest BCUT2D eigenvalue weighted by molar-refractivity contribution is 0.0601. The van der Waals surface area contributed by atoms with Crippen molar-refractivity contribution in [3.05, 3.63) is 64.7 Å². The van der Waals surface area contributed by atoms with E-state index in [2.05, 4.69) is 36.5 Å². The maximum absolute atomic E-state index is 11.6. The summed E-state index contributed by atoms with van der Waals surface area (Å²) in [7, 11) is 1.40. The van der Waals surface area contributed by atoms with Gasteiger partial charge in [0.2, 0.25) is 0 Å². The van der Waals surface area contributed by atoms with Gasteiger partial charge in [-0.1, -0.05) is 30.3 Å². The van der Waals surface area contributed by atoms with Crippen LogP contribution in [0.5, 0.6) is 0 Å². The summed E-state index contributed by atoms with van der Waals surface area (Å²) in [6.07, 6.45) is 0.946. The molecule has 0 spiro atoms. The van der Waals surface area contributed by atoms with Gasteiger partial charge in [-0.15, -0.1) is 0 Å². The highest BCUT2D eigenvalue weighted by molar-refractivity contribution is 5.91. The van der Waals surface area contributed by atoms with Crippen molar-refractivity contribution in [1.82, 2.24) is 0 Å². The molecular weight excluding hydrogens is 250 g/mol. The summed E-state index contributed by atoms with van der Waals surface area (Å²) >= 11 is 0. The van der Waals surface area contributed by atoms with Crippen LogP contribution in [-0.2, 0) is 11.2 Å². The number of carbonyl (C=O) groups is 1. The van der Waals surface area contributed by atoms with Crippen molar-refractivity contribution in [2.24, 2.45) is 0 Å². The van der Waals surface area contributed by atoms with Gasteiger partial charge in [-0.05, 0) is 42.2 Å². The maximum atomic E-state index is 11.6. The molecule has 1 aliphatic heterocycles. The zero-order chi connectivity index (χ0) is 14.1. The Morgan fingerprint density at radius 2 is 2.05 bits per heavy atom. The maximum Gasteiger partial charge on any atom is 0.337 e. The van der Waals surface area contributed by atoms with E-state index in [1.807, 2.05) is 18.2 Å². The van der Waals surface area contributed by atoms with E-state index in [1.165, 1.54) is 23.8 Å². The van der Waals surface area contributed by atoms with Crippen molar-refractivity contribution in [2.75, 3.05) is 12.4 Å². The Hall–Kier alpha value is -2.29. The van der Waals surface area contributed by atoms with E-state index in [1.54, 1.807) is 0 Å². The smallest absolute Gasteiger partial charge is 0.337 e. The highest BCUT2D eigenvalue weighted by atomic mass is 16.5. The first-order chi connectivity index (χ1) is 9.69. The molecule has 102 valence electrons. The third-order valence-corrected chi connectivity index (χ3v) is 3.85. The van der Waals surface area contributed by atoms with Crippen LogP contribution in [0.4, 0.5) is 5.69 Å². The molecule has 1 heterocycles. The minimum atomic E-state index is -0.297. The molecule has 0 fully saturated rings. The summed E-state index contributed by atoms with van der Waals surface area (Å²) < 4.78 is 4.76. The molecule has 2 aromatic rings. The van der Waals surface area contributed by atoms with E-state index in [0.717, 1.165) is 12.1 Å². The molecule has 20 heavy (non-hydrogen) atoms. The molecule has 0 bridgehead atoms. The average molecular weight is 267 g/mol. The molecule has 1 unspecified atom stereocenters. The zero-order valence-electron chi connectivity index (χ0n) is 11.6. The average Bonchev–Trinajstić information content (AvgIpc) is 2.89. The van der Waals surface area contributed by atoms with E-state index >= 15 is 0 Å². The topological polar surface area (TPSA) is 38.3 Å². The van der Waals surface area contributed by atoms with Crippen LogP contribution in [0.15, 0.2) is 42.5 Å². The van der Waals surface area contributed by atoms with Gasteiger partial charge in [-0.2, -0.15) is 0 Å². The number of anilines is 1. The fourth-order valence-electron chi connectivity index (χ4n) is 2.76. The quantitative estimate of drug-likeness (QED) is 0.846. The van der Waals surface area contributed by atoms with E-state index < -0.39 is 0 Å². The number of methoxy groups -OCH3 is 1. The van der Waals surface area contributed by atoms with Crippen molar-refractivity contribution in [3.63, 3.8) is 0 Å². The fourth-order valence-corrected chi connectivity index (χ4v) is 2.76. The summed E-state index contributed by atoms with van der Waals surface area (Å²) in [6, 6.07) is 14.4. The molecule has 0 amide bonds. The van der Waals surface area contributed by atoms with Gasteiger partial charge in [0.25, 0.3) is 0 Å². The second-order valence-corrected chi connectivity index (χ2v) is 5.12. The molecule has 1 N–H and O–H groups in total. The summed E-state index contributed by atoms with van der Waals surface area (Å²) in [6.45, 7) is 2.12. The molecule has 0 saturated carbocycles. The number of fused-ring (bicyclic) bond motifs is 1. The van der Waals surface area contributed by atoms with Crippen LogP contribution in [0, 0.1) is 6.92 Å². The third kappa shape index (κ3) is 2.16. The van der Waals surface area contributed by atoms with Gasteiger partial charge in [-0.25, -0.2) is 4.79 Å². The number of benzene rings is 2. The lowest BCUT2D eigenvalue weighted by Crippen LogP contribution is -2.07. The van der Waals surface area contributed by atoms with Crippen molar-refractivity contribution in [3.8, 4) is 0 Å². The summed E-state index contributed by atoms with van der Waals surface area (Å²) in [4.78, 5) is 11.6. The fraction of sp³-hybridized carbons (Fsp3) is 0.235. The van der Waals surface area contributed by atoms with Crippen molar-refractivity contribution >= 4 is 11.7 Å². The second-order valence-electron chi connectivity index (χ2n) is 5.12. The summed E-state index contributed by atoms with van der Waals surface area (Å²) in [5, 5.41) is 3.50. The number of ether oxygens (including phenoxy) is 1. The second kappa shape index (κ2) is 5.00. The van der Waals surface area contributed by atoms with E-state index in [0.29, 0.717) is 5.56 Å². The number of carbonyl (C=O) groups excluding carboxylic acids is 1. The van der Waals surface area contributed by atoms with Crippen LogP contribution in [0.25, 0.3) is 0 Å². The Morgan fingerprint density at radius 3 is 2.80 bits per heavy atom. The minimum Gasteiger partial charge on any atom is -0.465 e. The Morgan fingerprint density at radius 1 is 1.25 bits per heavy atom. The lowest BCUT2D eigenvalue weighted by Gasteiger charge is -2.14. The third-order valence-electron chi connectivity index (χ3n) is 3.85. The first-order valence-electron chi connectivity index (χ1n) is 6.72. The van der Waals surface area contributed by atoms with Crippen LogP contribution in [0.3, 0.4) is 0 Å². The van der Waals surface area contributed by atoms with Crippen molar-refractivity contribution < 1.29 is 9.53 Å². The molecule has 0 aromatic heterocycles. The molecule has 3 heteroatoms. The van der Waals surface area contributed by atoms with Crippen molar-refractivity contribution in [2.45, 2.75) is 19.4 Å². The van der Waals surface area contributed by atoms with Gasteiger partial charge in [0.05, 0.1) is 18.7 Å². The molecule has 2 aromatic carbocycles. The molecule has 3 rings (SSSR count). The van der Waals surface area contributed by atoms with E-state index in [9.17, 15) is 4.79 Å². The van der Waals surface area contributed by atoms with Crippen molar-refractivity contribution in [1.29, 1.82) is 0 Å². The highest BCUT2D eigenvalue weighted by Gasteiger charge is 2.24. The molecule has 0 saturated heterocycles. The van der Waals surface area contributed by atoms with Crippen LogP contribution >= 0.6 is 0 Å². The van der Waals surface area contributed by atoms with Crippen LogP contribution in [0.1, 0.15) is 33.1 Å². The van der Waals surface area contributed by atoms with Gasteiger partial charge < -0.3 is 10.1 Å². The van der Waals surface area contributed by atoms with Crippen LogP contribution in [0.2, 0.25) is 0 Å². The summed E-state index contributed by atoms with van der Waals surface area (Å²) in [5.74, 6) is -0.297. The minimum absolute atomic E-state index is 0.277. The predicted octanol–water partition coefficient (Wildman–Crippen LogP) is 3.49. The highest BCUT2D eigenvalue weighted by Crippen LogP contribution is 2.35. The summed E-state index contributed by atoms with van der Waals surface area (Å²) in [5.41, 5.74) is 5.45. The predicted molar refractivity (Wildman–Crippen MR) is 79.0 cm³/mol. The van der Waals surface area contributed by atoms with E-state index in [-0.39, 0.29) is 12.0 Å². The van der Waals surface area contributed by atoms with Crippen LogP contribution in [-0.4, -0.2) is 13.1 Å². The largest absolute Gasteiger partial charge is 0.465 e. The SMILES string of the molecule is COC(=O)c1ccc2c(c1)NC(c1ccccc1C)C2. The molecule has 1 aliphatic rings. The molecule has 1 atom stereocenters. The van der Waals surface area contributed by atoms with Gasteiger partial charge in [0.1, 0.15) is 0 Å². The number of hydrogen-bond donors (Lipinski definition) is 1. The first-order valence-corrected chi connectivity index (χ1v) is 6.72. The Balaban J connectivity index is 1.89. The number of aryl methyl sites for hydroxylation is 1. The van der Waals surface area contributed by atoms with Gasteiger partial charge in [-0.3, -0.25) is 0 Å². The lowest BCUT2D eigenvalue weighted by atomic mass is 9.98. The van der Waals surface area contributed by atoms with Gasteiger partial charge in [0.15, 0.2) is 0 Å². The number of rotatable bonds is 2. The molecule has 3 nitrogen and oxygen atoms in total. The number of esters is 1. The van der Waals surface area contributed by atoms with Gasteiger partial charge >= 0.3 is 5.97 Å². The zero-order valence-corrected chi connectivity index (χ0v) is 11.6. The van der Waals surface area contributed by atoms with E-state index in [4.69, 9.17) is 4.74 Å². The number of hydrogen-bond acceptors (Lipinski definition) is 3. The normalized spacial score (nSPS) is 16.4. The molecular formula is C17H17NO2. The Bertz CT molecular complexity index is 664. The first kappa shape index (κ1) is 12.7. The molecule has 0 radical (unpaired) electrons. The number of nitrogens with one attached hydrogen (secondary N) is 1. The Kier molecular flexibility index (Phi) is 3.18.